The number of carbonyl (C=O) groups excluding carboxylic acids is 2. The number of halogens is 2. The lowest BCUT2D eigenvalue weighted by atomic mass is 10.1. The van der Waals surface area contributed by atoms with Gasteiger partial charge in [-0.1, -0.05) is 55.8 Å². The smallest absolute Gasteiger partial charge is 0.242 e. The highest BCUT2D eigenvalue weighted by Crippen LogP contribution is 2.19. The van der Waals surface area contributed by atoms with Crippen LogP contribution in [-0.4, -0.2) is 29.3 Å². The zero-order valence-electron chi connectivity index (χ0n) is 16.4. The summed E-state index contributed by atoms with van der Waals surface area (Å²) in [7, 11) is 0. The van der Waals surface area contributed by atoms with Crippen molar-refractivity contribution in [3.05, 3.63) is 70.5 Å². The summed E-state index contributed by atoms with van der Waals surface area (Å²) < 4.78 is 13.1. The number of benzene rings is 2. The van der Waals surface area contributed by atoms with Gasteiger partial charge in [0.1, 0.15) is 11.9 Å². The van der Waals surface area contributed by atoms with Crippen molar-refractivity contribution in [3.8, 4) is 0 Å². The minimum Gasteiger partial charge on any atom is -0.354 e. The molecular weight excluding hydrogens is 379 g/mol. The van der Waals surface area contributed by atoms with E-state index in [1.54, 1.807) is 25.1 Å². The molecule has 0 bridgehead atoms. The van der Waals surface area contributed by atoms with E-state index in [4.69, 9.17) is 11.6 Å². The van der Waals surface area contributed by atoms with Gasteiger partial charge in [-0.05, 0) is 42.2 Å². The molecule has 0 spiro atoms. The Balaban J connectivity index is 2.21. The van der Waals surface area contributed by atoms with Gasteiger partial charge >= 0.3 is 0 Å². The normalized spacial score (nSPS) is 11.9. The van der Waals surface area contributed by atoms with Crippen LogP contribution in [0.4, 0.5) is 4.39 Å². The SMILES string of the molecule is CC(C)CNC(=O)C(C)N(Cc1ccccc1Cl)C(=O)Cc1ccc(F)cc1. The van der Waals surface area contributed by atoms with E-state index in [9.17, 15) is 14.0 Å². The van der Waals surface area contributed by atoms with Crippen molar-refractivity contribution in [2.45, 2.75) is 39.8 Å². The summed E-state index contributed by atoms with van der Waals surface area (Å²) in [6, 6.07) is 12.4. The second-order valence-corrected chi connectivity index (χ2v) is 7.64. The van der Waals surface area contributed by atoms with E-state index in [-0.39, 0.29) is 30.6 Å². The van der Waals surface area contributed by atoms with Crippen LogP contribution < -0.4 is 5.32 Å². The molecule has 6 heteroatoms. The number of carbonyl (C=O) groups is 2. The number of nitrogens with zero attached hydrogens (tertiary/aromatic N) is 1. The summed E-state index contributed by atoms with van der Waals surface area (Å²) in [5.74, 6) is -0.486. The summed E-state index contributed by atoms with van der Waals surface area (Å²) in [6.07, 6.45) is 0.0759. The third-order valence-electron chi connectivity index (χ3n) is 4.42. The van der Waals surface area contributed by atoms with Crippen molar-refractivity contribution in [2.24, 2.45) is 5.92 Å². The number of hydrogen-bond acceptors (Lipinski definition) is 2. The maximum absolute atomic E-state index is 13.1. The standard InChI is InChI=1S/C22H26ClFN2O2/c1-15(2)13-25-22(28)16(3)26(14-18-6-4-5-7-20(18)23)21(27)12-17-8-10-19(24)11-9-17/h4-11,15-16H,12-14H2,1-3H3,(H,25,28). The van der Waals surface area contributed by atoms with Crippen LogP contribution in [0.2, 0.25) is 5.02 Å². The van der Waals surface area contributed by atoms with Crippen LogP contribution in [0.25, 0.3) is 0 Å². The minimum atomic E-state index is -0.664. The average Bonchev–Trinajstić information content (AvgIpc) is 2.66. The lowest BCUT2D eigenvalue weighted by molar-refractivity contribution is -0.140. The molecule has 0 saturated heterocycles. The van der Waals surface area contributed by atoms with Gasteiger partial charge < -0.3 is 10.2 Å². The van der Waals surface area contributed by atoms with Crippen LogP contribution in [0.3, 0.4) is 0 Å². The van der Waals surface area contributed by atoms with E-state index >= 15 is 0 Å². The van der Waals surface area contributed by atoms with Gasteiger partial charge in [-0.2, -0.15) is 0 Å². The van der Waals surface area contributed by atoms with Crippen molar-refractivity contribution in [1.82, 2.24) is 10.2 Å². The Morgan fingerprint density at radius 3 is 2.32 bits per heavy atom. The van der Waals surface area contributed by atoms with Crippen molar-refractivity contribution in [1.29, 1.82) is 0 Å². The highest BCUT2D eigenvalue weighted by molar-refractivity contribution is 6.31. The van der Waals surface area contributed by atoms with Gasteiger partial charge in [0.15, 0.2) is 0 Å². The van der Waals surface area contributed by atoms with Crippen LogP contribution >= 0.6 is 11.6 Å². The molecule has 1 atom stereocenters. The Bertz CT molecular complexity index is 808. The molecule has 0 aliphatic rings. The Morgan fingerprint density at radius 1 is 1.07 bits per heavy atom. The molecule has 2 aromatic rings. The average molecular weight is 405 g/mol. The van der Waals surface area contributed by atoms with E-state index in [0.29, 0.717) is 23.0 Å². The highest BCUT2D eigenvalue weighted by atomic mass is 35.5. The predicted molar refractivity (Wildman–Crippen MR) is 109 cm³/mol. The van der Waals surface area contributed by atoms with Gasteiger partial charge in [0.2, 0.25) is 11.8 Å². The quantitative estimate of drug-likeness (QED) is 0.716. The Morgan fingerprint density at radius 2 is 1.71 bits per heavy atom. The van der Waals surface area contributed by atoms with Gasteiger partial charge in [-0.25, -0.2) is 4.39 Å². The molecule has 0 aliphatic heterocycles. The molecule has 2 rings (SSSR count). The van der Waals surface area contributed by atoms with Crippen LogP contribution in [0.1, 0.15) is 31.9 Å². The Hall–Kier alpha value is -2.40. The molecule has 2 amide bonds. The van der Waals surface area contributed by atoms with E-state index in [2.05, 4.69) is 5.32 Å². The van der Waals surface area contributed by atoms with Gasteiger partial charge in [0.05, 0.1) is 6.42 Å². The van der Waals surface area contributed by atoms with E-state index < -0.39 is 6.04 Å². The predicted octanol–water partition coefficient (Wildman–Crippen LogP) is 4.21. The molecule has 0 radical (unpaired) electrons. The lowest BCUT2D eigenvalue weighted by Gasteiger charge is -2.29. The summed E-state index contributed by atoms with van der Waals surface area (Å²) in [6.45, 7) is 6.47. The molecule has 0 saturated carbocycles. The van der Waals surface area contributed by atoms with Crippen molar-refractivity contribution in [2.75, 3.05) is 6.54 Å². The van der Waals surface area contributed by atoms with E-state index in [1.807, 2.05) is 32.0 Å². The summed E-state index contributed by atoms with van der Waals surface area (Å²) in [5.41, 5.74) is 1.45. The van der Waals surface area contributed by atoms with Gasteiger partial charge in [0.25, 0.3) is 0 Å². The third-order valence-corrected chi connectivity index (χ3v) is 4.79. The van der Waals surface area contributed by atoms with Crippen molar-refractivity contribution in [3.63, 3.8) is 0 Å². The maximum atomic E-state index is 13.1. The fourth-order valence-corrected chi connectivity index (χ4v) is 2.92. The number of rotatable bonds is 8. The van der Waals surface area contributed by atoms with E-state index in [1.165, 1.54) is 17.0 Å². The molecule has 0 aromatic heterocycles. The van der Waals surface area contributed by atoms with Crippen molar-refractivity contribution < 1.29 is 14.0 Å². The summed E-state index contributed by atoms with van der Waals surface area (Å²) in [5, 5.41) is 3.41. The van der Waals surface area contributed by atoms with Crippen molar-refractivity contribution >= 4 is 23.4 Å². The number of amides is 2. The zero-order chi connectivity index (χ0) is 20.7. The largest absolute Gasteiger partial charge is 0.354 e. The molecule has 28 heavy (non-hydrogen) atoms. The molecule has 0 fully saturated rings. The number of nitrogens with one attached hydrogen (secondary N) is 1. The Kier molecular flexibility index (Phi) is 8.00. The minimum absolute atomic E-state index is 0.0759. The first kappa shape index (κ1) is 21.9. The fourth-order valence-electron chi connectivity index (χ4n) is 2.72. The van der Waals surface area contributed by atoms with Crippen LogP contribution in [0.15, 0.2) is 48.5 Å². The molecule has 1 N–H and O–H groups in total. The maximum Gasteiger partial charge on any atom is 0.242 e. The van der Waals surface area contributed by atoms with Gasteiger partial charge in [-0.3, -0.25) is 9.59 Å². The Labute approximate surface area is 170 Å². The molecule has 1 unspecified atom stereocenters. The molecule has 0 aliphatic carbocycles. The van der Waals surface area contributed by atoms with Gasteiger partial charge in [0, 0.05) is 18.1 Å². The summed E-state index contributed by atoms with van der Waals surface area (Å²) in [4.78, 5) is 27.1. The molecule has 4 nitrogen and oxygen atoms in total. The van der Waals surface area contributed by atoms with Gasteiger partial charge in [-0.15, -0.1) is 0 Å². The zero-order valence-corrected chi connectivity index (χ0v) is 17.2. The first-order chi connectivity index (χ1) is 13.3. The first-order valence-electron chi connectivity index (χ1n) is 9.33. The monoisotopic (exact) mass is 404 g/mol. The molecular formula is C22H26ClFN2O2. The topological polar surface area (TPSA) is 49.4 Å². The summed E-state index contributed by atoms with van der Waals surface area (Å²) >= 11 is 6.26. The second kappa shape index (κ2) is 10.2. The third kappa shape index (κ3) is 6.34. The molecule has 150 valence electrons. The van der Waals surface area contributed by atoms with Crippen LogP contribution in [-0.2, 0) is 22.6 Å². The molecule has 0 heterocycles. The first-order valence-corrected chi connectivity index (χ1v) is 9.70. The molecule has 2 aromatic carbocycles. The lowest BCUT2D eigenvalue weighted by Crippen LogP contribution is -2.48. The number of hydrogen-bond donors (Lipinski definition) is 1. The van der Waals surface area contributed by atoms with Crippen LogP contribution in [0, 0.1) is 11.7 Å². The van der Waals surface area contributed by atoms with Crippen LogP contribution in [0.5, 0.6) is 0 Å². The fraction of sp³-hybridized carbons (Fsp3) is 0.364. The second-order valence-electron chi connectivity index (χ2n) is 7.23. The van der Waals surface area contributed by atoms with E-state index in [0.717, 1.165) is 5.56 Å². The highest BCUT2D eigenvalue weighted by Gasteiger charge is 2.26.